The van der Waals surface area contributed by atoms with Gasteiger partial charge in [0.05, 0.1) is 21.3 Å². The summed E-state index contributed by atoms with van der Waals surface area (Å²) >= 11 is 0. The van der Waals surface area contributed by atoms with Gasteiger partial charge in [0.1, 0.15) is 11.6 Å². The lowest BCUT2D eigenvalue weighted by Crippen LogP contribution is -2.11. The van der Waals surface area contributed by atoms with Crippen molar-refractivity contribution in [2.24, 2.45) is 0 Å². The maximum Gasteiger partial charge on any atom is 0.221 e. The predicted octanol–water partition coefficient (Wildman–Crippen LogP) is 4.45. The summed E-state index contributed by atoms with van der Waals surface area (Å²) in [7, 11) is 4.97. The number of hydrogen-bond acceptors (Lipinski definition) is 7. The van der Waals surface area contributed by atoms with Crippen LogP contribution in [0, 0.1) is 0 Å². The molecule has 0 aliphatic heterocycles. The SMILES string of the molecule is COc1cccc(CCNc2nc(N)ncc2Cc2cc(OC)c(OC)cc2C(C)C)c1. The molecule has 32 heavy (non-hydrogen) atoms. The van der Waals surface area contributed by atoms with Crippen LogP contribution in [0.15, 0.2) is 42.6 Å². The van der Waals surface area contributed by atoms with Crippen LogP contribution in [0.1, 0.15) is 42.0 Å². The number of ether oxygens (including phenoxy) is 3. The maximum atomic E-state index is 5.89. The van der Waals surface area contributed by atoms with E-state index in [1.54, 1.807) is 27.5 Å². The van der Waals surface area contributed by atoms with E-state index >= 15 is 0 Å². The van der Waals surface area contributed by atoms with Gasteiger partial charge >= 0.3 is 0 Å². The lowest BCUT2D eigenvalue weighted by Gasteiger charge is -2.18. The van der Waals surface area contributed by atoms with Crippen molar-refractivity contribution in [3.63, 3.8) is 0 Å². The molecule has 2 aromatic carbocycles. The van der Waals surface area contributed by atoms with Gasteiger partial charge in [-0.05, 0) is 53.3 Å². The molecule has 1 aromatic heterocycles. The summed E-state index contributed by atoms with van der Waals surface area (Å²) in [4.78, 5) is 8.69. The maximum absolute atomic E-state index is 5.89. The van der Waals surface area contributed by atoms with E-state index in [1.807, 2.05) is 30.3 Å². The molecule has 0 aliphatic rings. The number of nitrogen functional groups attached to an aromatic ring is 1. The zero-order chi connectivity index (χ0) is 23.1. The van der Waals surface area contributed by atoms with Crippen molar-refractivity contribution in [2.75, 3.05) is 38.9 Å². The molecular formula is C25H32N4O3. The van der Waals surface area contributed by atoms with Gasteiger partial charge in [-0.25, -0.2) is 4.98 Å². The molecule has 0 bridgehead atoms. The first-order chi connectivity index (χ1) is 15.4. The summed E-state index contributed by atoms with van der Waals surface area (Å²) in [6.45, 7) is 5.04. The van der Waals surface area contributed by atoms with Gasteiger partial charge in [0.2, 0.25) is 5.95 Å². The van der Waals surface area contributed by atoms with E-state index in [1.165, 1.54) is 11.1 Å². The highest BCUT2D eigenvalue weighted by atomic mass is 16.5. The highest BCUT2D eigenvalue weighted by Gasteiger charge is 2.16. The topological polar surface area (TPSA) is 91.5 Å². The predicted molar refractivity (Wildman–Crippen MR) is 128 cm³/mol. The summed E-state index contributed by atoms with van der Waals surface area (Å²) < 4.78 is 16.3. The number of nitrogens with zero attached hydrogens (tertiary/aromatic N) is 2. The van der Waals surface area contributed by atoms with Crippen LogP contribution in [0.4, 0.5) is 11.8 Å². The summed E-state index contributed by atoms with van der Waals surface area (Å²) in [5.74, 6) is 3.59. The van der Waals surface area contributed by atoms with Gasteiger partial charge in [0.15, 0.2) is 11.5 Å². The summed E-state index contributed by atoms with van der Waals surface area (Å²) in [5.41, 5.74) is 10.4. The first-order valence-electron chi connectivity index (χ1n) is 10.7. The van der Waals surface area contributed by atoms with Crippen LogP contribution in [0.25, 0.3) is 0 Å². The Morgan fingerprint density at radius 3 is 2.41 bits per heavy atom. The molecule has 3 rings (SSSR count). The van der Waals surface area contributed by atoms with Crippen LogP contribution < -0.4 is 25.3 Å². The van der Waals surface area contributed by atoms with Crippen molar-refractivity contribution in [1.29, 1.82) is 0 Å². The Morgan fingerprint density at radius 2 is 1.72 bits per heavy atom. The Bertz CT molecular complexity index is 1050. The van der Waals surface area contributed by atoms with Crippen molar-refractivity contribution < 1.29 is 14.2 Å². The molecule has 170 valence electrons. The van der Waals surface area contributed by atoms with Gasteiger partial charge in [-0.15, -0.1) is 0 Å². The molecule has 0 saturated heterocycles. The van der Waals surface area contributed by atoms with Crippen molar-refractivity contribution in [2.45, 2.75) is 32.6 Å². The molecule has 0 saturated carbocycles. The van der Waals surface area contributed by atoms with Gasteiger partial charge in [0, 0.05) is 24.7 Å². The molecule has 0 atom stereocenters. The van der Waals surface area contributed by atoms with Crippen LogP contribution in [0.5, 0.6) is 17.2 Å². The lowest BCUT2D eigenvalue weighted by molar-refractivity contribution is 0.354. The highest BCUT2D eigenvalue weighted by molar-refractivity contribution is 5.53. The van der Waals surface area contributed by atoms with Crippen LogP contribution in [0.3, 0.4) is 0 Å². The van der Waals surface area contributed by atoms with Crippen LogP contribution >= 0.6 is 0 Å². The largest absolute Gasteiger partial charge is 0.497 e. The van der Waals surface area contributed by atoms with E-state index in [0.717, 1.165) is 34.9 Å². The number of hydrogen-bond donors (Lipinski definition) is 2. The minimum atomic E-state index is 0.244. The Morgan fingerprint density at radius 1 is 0.969 bits per heavy atom. The average Bonchev–Trinajstić information content (AvgIpc) is 2.80. The molecule has 7 heteroatoms. The first-order valence-corrected chi connectivity index (χ1v) is 10.7. The molecule has 0 amide bonds. The minimum Gasteiger partial charge on any atom is -0.497 e. The smallest absolute Gasteiger partial charge is 0.221 e. The molecule has 0 fully saturated rings. The van der Waals surface area contributed by atoms with E-state index in [2.05, 4.69) is 35.2 Å². The van der Waals surface area contributed by atoms with Crippen molar-refractivity contribution in [3.05, 3.63) is 64.8 Å². The molecule has 0 spiro atoms. The van der Waals surface area contributed by atoms with Crippen molar-refractivity contribution in [3.8, 4) is 17.2 Å². The summed E-state index contributed by atoms with van der Waals surface area (Å²) in [6, 6.07) is 12.1. The van der Waals surface area contributed by atoms with E-state index in [9.17, 15) is 0 Å². The molecular weight excluding hydrogens is 404 g/mol. The fraction of sp³-hybridized carbons (Fsp3) is 0.360. The molecule has 0 radical (unpaired) electrons. The second-order valence-corrected chi connectivity index (χ2v) is 7.87. The fourth-order valence-corrected chi connectivity index (χ4v) is 3.69. The van der Waals surface area contributed by atoms with Gasteiger partial charge in [-0.2, -0.15) is 4.98 Å². The second-order valence-electron chi connectivity index (χ2n) is 7.87. The summed E-state index contributed by atoms with van der Waals surface area (Å²) in [6.07, 6.45) is 3.26. The van der Waals surface area contributed by atoms with E-state index in [4.69, 9.17) is 19.9 Å². The number of aromatic nitrogens is 2. The Labute approximate surface area is 189 Å². The third-order valence-corrected chi connectivity index (χ3v) is 5.37. The lowest BCUT2D eigenvalue weighted by atomic mass is 9.92. The van der Waals surface area contributed by atoms with E-state index < -0.39 is 0 Å². The molecule has 1 heterocycles. The number of nitrogens with two attached hydrogens (primary N) is 1. The Balaban J connectivity index is 1.83. The van der Waals surface area contributed by atoms with Gasteiger partial charge in [0.25, 0.3) is 0 Å². The molecule has 0 unspecified atom stereocenters. The zero-order valence-electron chi connectivity index (χ0n) is 19.4. The normalized spacial score (nSPS) is 10.8. The molecule has 0 aliphatic carbocycles. The number of anilines is 2. The van der Waals surface area contributed by atoms with Gasteiger partial charge < -0.3 is 25.3 Å². The number of nitrogens with one attached hydrogen (secondary N) is 1. The highest BCUT2D eigenvalue weighted by Crippen LogP contribution is 2.35. The number of methoxy groups -OCH3 is 3. The van der Waals surface area contributed by atoms with Crippen LogP contribution in [-0.2, 0) is 12.8 Å². The minimum absolute atomic E-state index is 0.244. The Kier molecular flexibility index (Phi) is 7.76. The average molecular weight is 437 g/mol. The Hall–Kier alpha value is -3.48. The molecule has 3 aromatic rings. The summed E-state index contributed by atoms with van der Waals surface area (Å²) in [5, 5.41) is 3.43. The van der Waals surface area contributed by atoms with Gasteiger partial charge in [-0.3, -0.25) is 0 Å². The third kappa shape index (κ3) is 5.60. The standard InChI is InChI=1S/C25H32N4O3/c1-16(2)21-14-23(32-5)22(31-4)13-18(21)12-19-15-28-25(26)29-24(19)27-10-9-17-7-6-8-20(11-17)30-3/h6-8,11,13-16H,9-10,12H2,1-5H3,(H3,26,27,28,29). The van der Waals surface area contributed by atoms with E-state index in [-0.39, 0.29) is 5.95 Å². The molecule has 3 N–H and O–H groups in total. The second kappa shape index (κ2) is 10.7. The van der Waals surface area contributed by atoms with Crippen molar-refractivity contribution >= 4 is 11.8 Å². The van der Waals surface area contributed by atoms with Crippen molar-refractivity contribution in [1.82, 2.24) is 9.97 Å². The number of benzene rings is 2. The zero-order valence-corrected chi connectivity index (χ0v) is 19.4. The van der Waals surface area contributed by atoms with E-state index in [0.29, 0.717) is 24.6 Å². The first kappa shape index (κ1) is 23.2. The van der Waals surface area contributed by atoms with Crippen LogP contribution in [-0.4, -0.2) is 37.8 Å². The quantitative estimate of drug-likeness (QED) is 0.485. The van der Waals surface area contributed by atoms with Gasteiger partial charge in [-0.1, -0.05) is 26.0 Å². The third-order valence-electron chi connectivity index (χ3n) is 5.37. The fourth-order valence-electron chi connectivity index (χ4n) is 3.69. The molecule has 7 nitrogen and oxygen atoms in total. The van der Waals surface area contributed by atoms with Crippen LogP contribution in [0.2, 0.25) is 0 Å². The monoisotopic (exact) mass is 436 g/mol. The number of rotatable bonds is 10.